The molecule has 1 heterocycles. The largest absolute Gasteiger partial charge is 0.389 e. The molecule has 1 aromatic rings. The van der Waals surface area contributed by atoms with Crippen LogP contribution in [0.25, 0.3) is 0 Å². The quantitative estimate of drug-likeness (QED) is 0.835. The van der Waals surface area contributed by atoms with Crippen molar-refractivity contribution in [3.05, 3.63) is 23.9 Å². The number of pyridine rings is 1. The molecule has 0 aromatic carbocycles. The van der Waals surface area contributed by atoms with Gasteiger partial charge in [0.2, 0.25) is 5.91 Å². The van der Waals surface area contributed by atoms with Gasteiger partial charge in [-0.15, -0.1) is 0 Å². The van der Waals surface area contributed by atoms with Crippen LogP contribution in [0.1, 0.15) is 18.6 Å². The first-order chi connectivity index (χ1) is 7.91. The van der Waals surface area contributed by atoms with E-state index in [0.717, 1.165) is 5.56 Å². The highest BCUT2D eigenvalue weighted by atomic mass is 16.3. The SMILES string of the molecule is C[C@@H](O)c1ccnc(N(C)CC(=O)N(C)C)c1. The molecule has 1 atom stereocenters. The van der Waals surface area contributed by atoms with E-state index in [4.69, 9.17) is 0 Å². The molecule has 0 fully saturated rings. The molecule has 0 radical (unpaired) electrons. The minimum atomic E-state index is -0.533. The van der Waals surface area contributed by atoms with E-state index in [0.29, 0.717) is 5.82 Å². The first kappa shape index (κ1) is 13.4. The van der Waals surface area contributed by atoms with Crippen molar-refractivity contribution in [1.82, 2.24) is 9.88 Å². The zero-order valence-corrected chi connectivity index (χ0v) is 10.7. The maximum Gasteiger partial charge on any atom is 0.241 e. The number of hydrogen-bond donors (Lipinski definition) is 1. The van der Waals surface area contributed by atoms with Gasteiger partial charge in [-0.05, 0) is 24.6 Å². The smallest absolute Gasteiger partial charge is 0.241 e. The average molecular weight is 237 g/mol. The fourth-order valence-electron chi connectivity index (χ4n) is 1.33. The standard InChI is InChI=1S/C12H19N3O2/c1-9(16)10-5-6-13-11(7-10)15(4)8-12(17)14(2)3/h5-7,9,16H,8H2,1-4H3/t9-/m1/s1. The van der Waals surface area contributed by atoms with Gasteiger partial charge in [0.05, 0.1) is 12.6 Å². The number of hydrogen-bond acceptors (Lipinski definition) is 4. The van der Waals surface area contributed by atoms with E-state index >= 15 is 0 Å². The molecule has 1 rings (SSSR count). The van der Waals surface area contributed by atoms with E-state index in [-0.39, 0.29) is 12.5 Å². The van der Waals surface area contributed by atoms with E-state index in [9.17, 15) is 9.90 Å². The first-order valence-electron chi connectivity index (χ1n) is 5.47. The third-order valence-electron chi connectivity index (χ3n) is 2.51. The molecule has 1 aromatic heterocycles. The number of rotatable bonds is 4. The van der Waals surface area contributed by atoms with Crippen LogP contribution in [-0.4, -0.2) is 48.6 Å². The molecule has 1 N–H and O–H groups in total. The second-order valence-corrected chi connectivity index (χ2v) is 4.27. The molecule has 94 valence electrons. The minimum Gasteiger partial charge on any atom is -0.389 e. The summed E-state index contributed by atoms with van der Waals surface area (Å²) in [4.78, 5) is 19.0. The molecule has 0 aliphatic rings. The lowest BCUT2D eigenvalue weighted by atomic mass is 10.2. The van der Waals surface area contributed by atoms with Crippen molar-refractivity contribution in [3.8, 4) is 0 Å². The molecule has 0 aliphatic heterocycles. The summed E-state index contributed by atoms with van der Waals surface area (Å²) in [6, 6.07) is 3.55. The Hall–Kier alpha value is -1.62. The van der Waals surface area contributed by atoms with Crippen molar-refractivity contribution in [1.29, 1.82) is 0 Å². The summed E-state index contributed by atoms with van der Waals surface area (Å²) >= 11 is 0. The second kappa shape index (κ2) is 5.63. The van der Waals surface area contributed by atoms with Gasteiger partial charge in [0, 0.05) is 27.3 Å². The third kappa shape index (κ3) is 3.71. The Morgan fingerprint density at radius 2 is 2.12 bits per heavy atom. The minimum absolute atomic E-state index is 0.0109. The van der Waals surface area contributed by atoms with Crippen LogP contribution >= 0.6 is 0 Å². The Balaban J connectivity index is 2.78. The number of aromatic nitrogens is 1. The van der Waals surface area contributed by atoms with Gasteiger partial charge in [0.1, 0.15) is 5.82 Å². The number of likely N-dealkylation sites (N-methyl/N-ethyl adjacent to an activating group) is 2. The topological polar surface area (TPSA) is 56.7 Å². The number of carbonyl (C=O) groups is 1. The molecule has 5 heteroatoms. The van der Waals surface area contributed by atoms with Crippen LogP contribution in [0, 0.1) is 0 Å². The Morgan fingerprint density at radius 3 is 2.65 bits per heavy atom. The fraction of sp³-hybridized carbons (Fsp3) is 0.500. The van der Waals surface area contributed by atoms with Crippen LogP contribution in [0.15, 0.2) is 18.3 Å². The van der Waals surface area contributed by atoms with Crippen molar-refractivity contribution in [2.75, 3.05) is 32.6 Å². The number of amides is 1. The van der Waals surface area contributed by atoms with Gasteiger partial charge in [-0.2, -0.15) is 0 Å². The van der Waals surface area contributed by atoms with Crippen LogP contribution in [0.2, 0.25) is 0 Å². The molecule has 0 saturated heterocycles. The molecular formula is C12H19N3O2. The van der Waals surface area contributed by atoms with Crippen LogP contribution in [0.5, 0.6) is 0 Å². The van der Waals surface area contributed by atoms with E-state index in [2.05, 4.69) is 4.98 Å². The van der Waals surface area contributed by atoms with Crippen LogP contribution in [0.4, 0.5) is 5.82 Å². The van der Waals surface area contributed by atoms with Crippen molar-refractivity contribution in [2.45, 2.75) is 13.0 Å². The number of aliphatic hydroxyl groups excluding tert-OH is 1. The van der Waals surface area contributed by atoms with Gasteiger partial charge in [-0.1, -0.05) is 0 Å². The molecule has 5 nitrogen and oxygen atoms in total. The van der Waals surface area contributed by atoms with Crippen molar-refractivity contribution < 1.29 is 9.90 Å². The average Bonchev–Trinajstić information content (AvgIpc) is 2.28. The van der Waals surface area contributed by atoms with Crippen LogP contribution in [0.3, 0.4) is 0 Å². The maximum atomic E-state index is 11.6. The lowest BCUT2D eigenvalue weighted by Gasteiger charge is -2.20. The Kier molecular flexibility index (Phi) is 4.45. The second-order valence-electron chi connectivity index (χ2n) is 4.27. The van der Waals surface area contributed by atoms with Gasteiger partial charge in [-0.3, -0.25) is 4.79 Å². The monoisotopic (exact) mass is 237 g/mol. The number of aliphatic hydroxyl groups is 1. The zero-order chi connectivity index (χ0) is 13.0. The summed E-state index contributed by atoms with van der Waals surface area (Å²) in [5.41, 5.74) is 0.791. The van der Waals surface area contributed by atoms with Gasteiger partial charge >= 0.3 is 0 Å². The molecule has 17 heavy (non-hydrogen) atoms. The lowest BCUT2D eigenvalue weighted by Crippen LogP contribution is -2.34. The van der Waals surface area contributed by atoms with Gasteiger partial charge < -0.3 is 14.9 Å². The highest BCUT2D eigenvalue weighted by Crippen LogP contribution is 2.16. The summed E-state index contributed by atoms with van der Waals surface area (Å²) in [6.45, 7) is 1.97. The normalized spacial score (nSPS) is 12.1. The number of anilines is 1. The summed E-state index contributed by atoms with van der Waals surface area (Å²) in [6.07, 6.45) is 1.10. The lowest BCUT2D eigenvalue weighted by molar-refractivity contribution is -0.127. The molecular weight excluding hydrogens is 218 g/mol. The molecule has 0 bridgehead atoms. The Labute approximate surface area is 102 Å². The van der Waals surface area contributed by atoms with Crippen molar-refractivity contribution in [3.63, 3.8) is 0 Å². The van der Waals surface area contributed by atoms with Crippen LogP contribution < -0.4 is 4.90 Å². The van der Waals surface area contributed by atoms with E-state index < -0.39 is 6.10 Å². The first-order valence-corrected chi connectivity index (χ1v) is 5.47. The van der Waals surface area contributed by atoms with Gasteiger partial charge in [0.25, 0.3) is 0 Å². The molecule has 0 spiro atoms. The highest BCUT2D eigenvalue weighted by Gasteiger charge is 2.11. The maximum absolute atomic E-state index is 11.6. The zero-order valence-electron chi connectivity index (χ0n) is 10.7. The van der Waals surface area contributed by atoms with Gasteiger partial charge in [-0.25, -0.2) is 4.98 Å². The van der Waals surface area contributed by atoms with Crippen LogP contribution in [-0.2, 0) is 4.79 Å². The molecule has 0 unspecified atom stereocenters. The molecule has 0 saturated carbocycles. The Morgan fingerprint density at radius 1 is 1.47 bits per heavy atom. The summed E-state index contributed by atoms with van der Waals surface area (Å²) in [5.74, 6) is 0.690. The van der Waals surface area contributed by atoms with Crippen molar-refractivity contribution in [2.24, 2.45) is 0 Å². The van der Waals surface area contributed by atoms with E-state index in [1.54, 1.807) is 51.3 Å². The molecule has 0 aliphatic carbocycles. The number of nitrogens with zero attached hydrogens (tertiary/aromatic N) is 3. The summed E-state index contributed by atoms with van der Waals surface area (Å²) < 4.78 is 0. The van der Waals surface area contributed by atoms with Crippen molar-refractivity contribution >= 4 is 11.7 Å². The predicted octanol–water partition coefficient (Wildman–Crippen LogP) is 0.659. The van der Waals surface area contributed by atoms with E-state index in [1.807, 2.05) is 0 Å². The summed E-state index contributed by atoms with van der Waals surface area (Å²) in [7, 11) is 5.24. The van der Waals surface area contributed by atoms with E-state index in [1.165, 1.54) is 4.90 Å². The Bertz CT molecular complexity index is 391. The fourth-order valence-corrected chi connectivity index (χ4v) is 1.33. The predicted molar refractivity (Wildman–Crippen MR) is 66.8 cm³/mol. The number of carbonyl (C=O) groups excluding carboxylic acids is 1. The van der Waals surface area contributed by atoms with Gasteiger partial charge in [0.15, 0.2) is 0 Å². The third-order valence-corrected chi connectivity index (χ3v) is 2.51. The summed E-state index contributed by atoms with van der Waals surface area (Å²) in [5, 5.41) is 9.48. The highest BCUT2D eigenvalue weighted by molar-refractivity contribution is 5.80. The molecule has 1 amide bonds.